The van der Waals surface area contributed by atoms with Crippen LogP contribution in [0.15, 0.2) is 18.2 Å². The Labute approximate surface area is 115 Å². The fourth-order valence-corrected chi connectivity index (χ4v) is 2.85. The van der Waals surface area contributed by atoms with Crippen LogP contribution in [0.5, 0.6) is 0 Å². The summed E-state index contributed by atoms with van der Waals surface area (Å²) in [6, 6.07) is 6.41. The first-order valence-electron chi connectivity index (χ1n) is 5.34. The van der Waals surface area contributed by atoms with Crippen molar-refractivity contribution in [3.63, 3.8) is 0 Å². The van der Waals surface area contributed by atoms with E-state index in [0.29, 0.717) is 10.7 Å². The van der Waals surface area contributed by atoms with E-state index in [-0.39, 0.29) is 18.5 Å². The number of nitriles is 1. The number of rotatable bonds is 2. The Kier molecular flexibility index (Phi) is 3.49. The number of primary sulfonamides is 1. The van der Waals surface area contributed by atoms with Crippen molar-refractivity contribution in [2.24, 2.45) is 5.14 Å². The summed E-state index contributed by atoms with van der Waals surface area (Å²) in [5.41, 5.74) is 0.568. The summed E-state index contributed by atoms with van der Waals surface area (Å²) in [7, 11) is -3.78. The molecule has 0 aliphatic carbocycles. The SMILES string of the molecule is N#Cc1ccc(Cl)cc1N1CC(S(N)(=O)=O)CC1=O. The van der Waals surface area contributed by atoms with Crippen LogP contribution in [0, 0.1) is 11.3 Å². The lowest BCUT2D eigenvalue weighted by Gasteiger charge is -2.18. The summed E-state index contributed by atoms with van der Waals surface area (Å²) in [6.45, 7) is -0.0628. The standard InChI is InChI=1S/C11H10ClN3O3S/c12-8-2-1-7(5-13)10(3-8)15-6-9(4-11(15)16)19(14,17)18/h1-3,9H,4,6H2,(H2,14,17,18). The third-order valence-electron chi connectivity index (χ3n) is 2.93. The second-order valence-corrected chi connectivity index (χ2v) is 6.47. The van der Waals surface area contributed by atoms with Crippen molar-refractivity contribution < 1.29 is 13.2 Å². The normalized spacial score (nSPS) is 19.5. The van der Waals surface area contributed by atoms with E-state index < -0.39 is 21.2 Å². The monoisotopic (exact) mass is 299 g/mol. The van der Waals surface area contributed by atoms with Crippen molar-refractivity contribution >= 4 is 33.2 Å². The number of sulfonamides is 1. The maximum Gasteiger partial charge on any atom is 0.228 e. The molecule has 2 rings (SSSR count). The van der Waals surface area contributed by atoms with Crippen LogP contribution in [0.25, 0.3) is 0 Å². The van der Waals surface area contributed by atoms with Gasteiger partial charge < -0.3 is 4.90 Å². The number of hydrogen-bond acceptors (Lipinski definition) is 4. The summed E-state index contributed by atoms with van der Waals surface area (Å²) in [6.07, 6.45) is -0.184. The predicted molar refractivity (Wildman–Crippen MR) is 70.0 cm³/mol. The third-order valence-corrected chi connectivity index (χ3v) is 4.41. The molecule has 6 nitrogen and oxygen atoms in total. The van der Waals surface area contributed by atoms with Crippen molar-refractivity contribution in [1.82, 2.24) is 0 Å². The molecule has 1 atom stereocenters. The molecule has 0 bridgehead atoms. The van der Waals surface area contributed by atoms with E-state index in [2.05, 4.69) is 0 Å². The molecule has 1 unspecified atom stereocenters. The van der Waals surface area contributed by atoms with Gasteiger partial charge in [-0.1, -0.05) is 11.6 Å². The van der Waals surface area contributed by atoms with Crippen molar-refractivity contribution in [2.45, 2.75) is 11.7 Å². The van der Waals surface area contributed by atoms with Gasteiger partial charge in [-0.15, -0.1) is 0 Å². The zero-order chi connectivity index (χ0) is 14.2. The fraction of sp³-hybridized carbons (Fsp3) is 0.273. The van der Waals surface area contributed by atoms with Crippen molar-refractivity contribution in [3.8, 4) is 6.07 Å². The molecule has 1 saturated heterocycles. The van der Waals surface area contributed by atoms with Gasteiger partial charge in [0.05, 0.1) is 11.3 Å². The molecule has 1 heterocycles. The van der Waals surface area contributed by atoms with E-state index in [1.807, 2.05) is 6.07 Å². The number of hydrogen-bond donors (Lipinski definition) is 1. The van der Waals surface area contributed by atoms with Crippen LogP contribution in [0.3, 0.4) is 0 Å². The molecule has 1 aliphatic heterocycles. The molecule has 1 fully saturated rings. The smallest absolute Gasteiger partial charge is 0.228 e. The van der Waals surface area contributed by atoms with Gasteiger partial charge in [0.15, 0.2) is 0 Å². The number of nitrogens with two attached hydrogens (primary N) is 1. The molecule has 1 aliphatic rings. The van der Waals surface area contributed by atoms with Crippen LogP contribution in [0.2, 0.25) is 5.02 Å². The number of benzene rings is 1. The topological polar surface area (TPSA) is 104 Å². The fourth-order valence-electron chi connectivity index (χ4n) is 1.95. The van der Waals surface area contributed by atoms with Gasteiger partial charge in [0.1, 0.15) is 11.3 Å². The molecule has 8 heteroatoms. The second-order valence-electron chi connectivity index (χ2n) is 4.19. The zero-order valence-corrected chi connectivity index (χ0v) is 11.3. The Hall–Kier alpha value is -1.62. The Morgan fingerprint density at radius 1 is 1.47 bits per heavy atom. The van der Waals surface area contributed by atoms with Gasteiger partial charge in [0.25, 0.3) is 0 Å². The highest BCUT2D eigenvalue weighted by molar-refractivity contribution is 7.89. The summed E-state index contributed by atoms with van der Waals surface area (Å²) in [5, 5.41) is 13.5. The molecular weight excluding hydrogens is 290 g/mol. The Morgan fingerprint density at radius 2 is 2.16 bits per heavy atom. The van der Waals surface area contributed by atoms with E-state index in [4.69, 9.17) is 22.0 Å². The van der Waals surface area contributed by atoms with Gasteiger partial charge in [0, 0.05) is 18.0 Å². The molecule has 100 valence electrons. The summed E-state index contributed by atoms with van der Waals surface area (Å²) < 4.78 is 22.6. The van der Waals surface area contributed by atoms with Gasteiger partial charge >= 0.3 is 0 Å². The molecule has 19 heavy (non-hydrogen) atoms. The van der Waals surface area contributed by atoms with E-state index in [1.54, 1.807) is 0 Å². The van der Waals surface area contributed by atoms with Crippen LogP contribution in [0.4, 0.5) is 5.69 Å². The number of carbonyl (C=O) groups is 1. The number of halogens is 1. The Bertz CT molecular complexity index is 681. The molecule has 0 aromatic heterocycles. The minimum absolute atomic E-state index is 0.0628. The van der Waals surface area contributed by atoms with Crippen molar-refractivity contribution in [2.75, 3.05) is 11.4 Å². The minimum Gasteiger partial charge on any atom is -0.310 e. The Balaban J connectivity index is 2.42. The van der Waals surface area contributed by atoms with Gasteiger partial charge in [-0.05, 0) is 18.2 Å². The maximum atomic E-state index is 11.9. The molecule has 1 amide bonds. The van der Waals surface area contributed by atoms with Gasteiger partial charge in [0.2, 0.25) is 15.9 Å². The van der Waals surface area contributed by atoms with E-state index >= 15 is 0 Å². The average Bonchev–Trinajstić information content (AvgIpc) is 2.71. The highest BCUT2D eigenvalue weighted by Crippen LogP contribution is 2.29. The maximum absolute atomic E-state index is 11.9. The largest absolute Gasteiger partial charge is 0.310 e. The zero-order valence-electron chi connectivity index (χ0n) is 9.71. The second kappa shape index (κ2) is 4.81. The van der Waals surface area contributed by atoms with Gasteiger partial charge in [-0.2, -0.15) is 5.26 Å². The van der Waals surface area contributed by atoms with Crippen molar-refractivity contribution in [3.05, 3.63) is 28.8 Å². The first-order chi connectivity index (χ1) is 8.82. The molecule has 2 N–H and O–H groups in total. The lowest BCUT2D eigenvalue weighted by molar-refractivity contribution is -0.117. The number of carbonyl (C=O) groups excluding carboxylic acids is 1. The summed E-state index contributed by atoms with van der Waals surface area (Å²) >= 11 is 5.84. The lowest BCUT2D eigenvalue weighted by Crippen LogP contribution is -2.32. The van der Waals surface area contributed by atoms with E-state index in [0.717, 1.165) is 0 Å². The first kappa shape index (κ1) is 13.8. The lowest BCUT2D eigenvalue weighted by atomic mass is 10.2. The van der Waals surface area contributed by atoms with E-state index in [9.17, 15) is 13.2 Å². The number of anilines is 1. The Morgan fingerprint density at radius 3 is 2.68 bits per heavy atom. The van der Waals surface area contributed by atoms with Crippen LogP contribution in [-0.2, 0) is 14.8 Å². The summed E-state index contributed by atoms with van der Waals surface area (Å²) in [5.74, 6) is -0.391. The quantitative estimate of drug-likeness (QED) is 0.863. The van der Waals surface area contributed by atoms with Crippen LogP contribution >= 0.6 is 11.6 Å². The third kappa shape index (κ3) is 2.71. The van der Waals surface area contributed by atoms with E-state index in [1.165, 1.54) is 23.1 Å². The molecular formula is C11H10ClN3O3S. The highest BCUT2D eigenvalue weighted by Gasteiger charge is 2.37. The molecule has 0 saturated carbocycles. The predicted octanol–water partition coefficient (Wildman–Crippen LogP) is 0.605. The number of nitrogens with zero attached hydrogens (tertiary/aromatic N) is 2. The van der Waals surface area contributed by atoms with Gasteiger partial charge in [-0.25, -0.2) is 13.6 Å². The molecule has 0 spiro atoms. The molecule has 0 radical (unpaired) electrons. The van der Waals surface area contributed by atoms with Crippen molar-refractivity contribution in [1.29, 1.82) is 5.26 Å². The highest BCUT2D eigenvalue weighted by atomic mass is 35.5. The number of amides is 1. The molecule has 1 aromatic rings. The van der Waals surface area contributed by atoms with Crippen LogP contribution in [0.1, 0.15) is 12.0 Å². The first-order valence-corrected chi connectivity index (χ1v) is 7.33. The minimum atomic E-state index is -3.78. The van der Waals surface area contributed by atoms with Crippen LogP contribution in [-0.4, -0.2) is 26.1 Å². The molecule has 1 aromatic carbocycles. The average molecular weight is 300 g/mol. The van der Waals surface area contributed by atoms with Gasteiger partial charge in [-0.3, -0.25) is 4.79 Å². The van der Waals surface area contributed by atoms with Crippen LogP contribution < -0.4 is 10.0 Å². The summed E-state index contributed by atoms with van der Waals surface area (Å²) in [4.78, 5) is 13.1.